The molecule has 1 atom stereocenters. The number of carbonyl (C=O) groups excluding carboxylic acids is 2. The summed E-state index contributed by atoms with van der Waals surface area (Å²) in [6.45, 7) is 8.23. The van der Waals surface area contributed by atoms with Gasteiger partial charge in [0, 0.05) is 21.4 Å². The second kappa shape index (κ2) is 14.0. The summed E-state index contributed by atoms with van der Waals surface area (Å²) in [5.74, 6) is -0.608. The second-order valence-corrected chi connectivity index (χ2v) is 15.0. The molecule has 0 saturated carbocycles. The Balaban J connectivity index is 1.95. The van der Waals surface area contributed by atoms with Crippen molar-refractivity contribution in [2.45, 2.75) is 26.3 Å². The molecule has 0 aliphatic heterocycles. The van der Waals surface area contributed by atoms with Gasteiger partial charge in [0.15, 0.2) is 0 Å². The summed E-state index contributed by atoms with van der Waals surface area (Å²) in [6.07, 6.45) is 0. The number of halogens is 6. The predicted molar refractivity (Wildman–Crippen MR) is 180 cm³/mol. The summed E-state index contributed by atoms with van der Waals surface area (Å²) in [5, 5.41) is 0. The van der Waals surface area contributed by atoms with Gasteiger partial charge in [-0.25, -0.2) is 9.59 Å². The number of esters is 2. The fourth-order valence-electron chi connectivity index (χ4n) is 2.98. The van der Waals surface area contributed by atoms with Crippen molar-refractivity contribution >= 4 is 147 Å². The molecule has 2 aromatic carbocycles. The van der Waals surface area contributed by atoms with E-state index in [2.05, 4.69) is 156 Å². The molecule has 180 valence electrons. The summed E-state index contributed by atoms with van der Waals surface area (Å²) in [7, 11) is 0. The minimum Gasteiger partial charge on any atom is -0.456 e. The lowest BCUT2D eigenvalue weighted by atomic mass is 10.1. The number of carbonyl (C=O) groups is 2. The van der Waals surface area contributed by atoms with Gasteiger partial charge in [0.05, 0.1) is 16.7 Å². The number of ether oxygens (including phenoxy) is 2. The van der Waals surface area contributed by atoms with Gasteiger partial charge >= 0.3 is 11.9 Å². The first-order valence-corrected chi connectivity index (χ1v) is 16.3. The Morgan fingerprint density at radius 3 is 1.91 bits per heavy atom. The monoisotopic (exact) mass is 1130 g/mol. The van der Waals surface area contributed by atoms with Gasteiger partial charge < -0.3 is 14.4 Å². The Morgan fingerprint density at radius 1 is 0.788 bits per heavy atom. The molecule has 0 aliphatic carbocycles. The lowest BCUT2D eigenvalue weighted by molar-refractivity contribution is -0.946. The minimum absolute atomic E-state index is 0.0876. The summed E-state index contributed by atoms with van der Waals surface area (Å²) >= 11 is 13.2. The van der Waals surface area contributed by atoms with Gasteiger partial charge in [-0.2, -0.15) is 0 Å². The second-order valence-electron chi connectivity index (χ2n) is 8.09. The van der Waals surface area contributed by atoms with Crippen LogP contribution in [0.3, 0.4) is 0 Å². The van der Waals surface area contributed by atoms with Crippen molar-refractivity contribution in [1.29, 1.82) is 0 Å². The molecule has 1 unspecified atom stereocenters. The average molecular weight is 1130 g/mol. The first-order valence-electron chi connectivity index (χ1n) is 9.80. The average Bonchev–Trinajstić information content (AvgIpc) is 2.71. The predicted octanol–water partition coefficient (Wildman–Crippen LogP) is 6.01. The molecule has 0 saturated heterocycles. The van der Waals surface area contributed by atoms with Gasteiger partial charge in [-0.15, -0.1) is 0 Å². The van der Waals surface area contributed by atoms with Crippen LogP contribution in [0.5, 0.6) is 0 Å². The molecular formula is C22H22I6NO4+. The first kappa shape index (κ1) is 30.9. The highest BCUT2D eigenvalue weighted by Gasteiger charge is 2.27. The van der Waals surface area contributed by atoms with E-state index in [1.54, 1.807) is 0 Å². The smallest absolute Gasteiger partial charge is 0.340 e. The molecule has 0 radical (unpaired) electrons. The summed E-state index contributed by atoms with van der Waals surface area (Å²) in [4.78, 5) is 26.5. The van der Waals surface area contributed by atoms with Crippen molar-refractivity contribution in [1.82, 2.24) is 0 Å². The van der Waals surface area contributed by atoms with E-state index in [4.69, 9.17) is 9.47 Å². The van der Waals surface area contributed by atoms with Crippen LogP contribution in [0, 0.1) is 21.4 Å². The highest BCUT2D eigenvalue weighted by molar-refractivity contribution is 14.1. The highest BCUT2D eigenvalue weighted by atomic mass is 127. The Hall–Kier alpha value is 1.72. The van der Waals surface area contributed by atoms with Crippen molar-refractivity contribution in [3.63, 3.8) is 0 Å². The molecule has 0 bridgehead atoms. The van der Waals surface area contributed by atoms with Crippen LogP contribution in [0.4, 0.5) is 0 Å². The van der Waals surface area contributed by atoms with Crippen molar-refractivity contribution in [3.8, 4) is 0 Å². The van der Waals surface area contributed by atoms with Gasteiger partial charge in [0.1, 0.15) is 26.3 Å². The van der Waals surface area contributed by atoms with E-state index in [9.17, 15) is 9.59 Å². The van der Waals surface area contributed by atoms with Crippen LogP contribution < -0.4 is 4.90 Å². The van der Waals surface area contributed by atoms with Crippen LogP contribution in [-0.2, 0) is 9.47 Å². The normalized spacial score (nSPS) is 12.4. The minimum atomic E-state index is -0.307. The molecule has 0 amide bonds. The Bertz CT molecular complexity index is 1040. The van der Waals surface area contributed by atoms with Gasteiger partial charge in [-0.3, -0.25) is 0 Å². The largest absolute Gasteiger partial charge is 0.456 e. The van der Waals surface area contributed by atoms with Crippen molar-refractivity contribution in [2.24, 2.45) is 0 Å². The zero-order valence-electron chi connectivity index (χ0n) is 18.0. The number of quaternary nitrogens is 1. The molecule has 0 aromatic heterocycles. The van der Waals surface area contributed by atoms with E-state index in [0.717, 1.165) is 21.4 Å². The molecule has 11 heteroatoms. The summed E-state index contributed by atoms with van der Waals surface area (Å²) < 4.78 is 17.0. The molecule has 0 fully saturated rings. The van der Waals surface area contributed by atoms with Gasteiger partial charge in [-0.05, 0) is 181 Å². The number of hydrogen-bond donors (Lipinski definition) is 1. The summed E-state index contributed by atoms with van der Waals surface area (Å²) in [6, 6.07) is 7.81. The molecule has 0 heterocycles. The van der Waals surface area contributed by atoms with Crippen LogP contribution in [0.2, 0.25) is 0 Å². The van der Waals surface area contributed by atoms with Gasteiger partial charge in [0.25, 0.3) is 0 Å². The quantitative estimate of drug-likeness (QED) is 0.200. The molecule has 1 N–H and O–H groups in total. The third kappa shape index (κ3) is 9.20. The Kier molecular flexibility index (Phi) is 13.2. The number of benzene rings is 2. The molecule has 0 spiro atoms. The third-order valence-electron chi connectivity index (χ3n) is 4.80. The molecule has 2 aromatic rings. The lowest BCUT2D eigenvalue weighted by Gasteiger charge is -2.32. The van der Waals surface area contributed by atoms with Crippen molar-refractivity contribution in [3.05, 3.63) is 56.8 Å². The van der Waals surface area contributed by atoms with Crippen LogP contribution >= 0.6 is 136 Å². The van der Waals surface area contributed by atoms with E-state index >= 15 is 0 Å². The number of hydrogen-bond acceptors (Lipinski definition) is 4. The van der Waals surface area contributed by atoms with E-state index in [1.165, 1.54) is 4.90 Å². The standard InChI is InChI=1S/C22H21I6NO4/c1-22(2,3)29(6-8-32-20(30)13-10-12(23)11-16(26)18(13)27)7-9-33-21(31)17-14(24)4-5-15(25)19(17)28/h4-5,10-11H,6-9H2,1-3H3/p+1. The van der Waals surface area contributed by atoms with E-state index < -0.39 is 0 Å². The number of nitrogens with one attached hydrogen (secondary N) is 1. The molecule has 5 nitrogen and oxygen atoms in total. The topological polar surface area (TPSA) is 57.0 Å². The maximum absolute atomic E-state index is 12.7. The van der Waals surface area contributed by atoms with E-state index in [0.29, 0.717) is 37.4 Å². The lowest BCUT2D eigenvalue weighted by Crippen LogP contribution is -3.19. The summed E-state index contributed by atoms with van der Waals surface area (Å²) in [5.41, 5.74) is 1.13. The highest BCUT2D eigenvalue weighted by Crippen LogP contribution is 2.25. The SMILES string of the molecule is CC(C)(C)[NH+](CCOC(=O)c1cc(I)cc(I)c1I)CCOC(=O)c1c(I)ccc(I)c1I. The Labute approximate surface area is 276 Å². The van der Waals surface area contributed by atoms with Crippen LogP contribution in [-0.4, -0.2) is 43.8 Å². The van der Waals surface area contributed by atoms with Crippen molar-refractivity contribution < 1.29 is 24.0 Å². The van der Waals surface area contributed by atoms with Gasteiger partial charge in [0.2, 0.25) is 0 Å². The van der Waals surface area contributed by atoms with E-state index in [-0.39, 0.29) is 17.5 Å². The third-order valence-corrected chi connectivity index (χ3v) is 12.4. The Morgan fingerprint density at radius 2 is 1.33 bits per heavy atom. The zero-order chi connectivity index (χ0) is 24.9. The first-order chi connectivity index (χ1) is 15.3. The maximum Gasteiger partial charge on any atom is 0.340 e. The van der Waals surface area contributed by atoms with Crippen molar-refractivity contribution in [2.75, 3.05) is 26.3 Å². The van der Waals surface area contributed by atoms with Gasteiger partial charge in [-0.1, -0.05) is 0 Å². The zero-order valence-corrected chi connectivity index (χ0v) is 31.0. The molecule has 33 heavy (non-hydrogen) atoms. The van der Waals surface area contributed by atoms with Crippen LogP contribution in [0.25, 0.3) is 0 Å². The fourth-order valence-corrected chi connectivity index (χ4v) is 7.68. The maximum atomic E-state index is 12.7. The van der Waals surface area contributed by atoms with Crippen LogP contribution in [0.15, 0.2) is 24.3 Å². The molecule has 2 rings (SSSR count). The van der Waals surface area contributed by atoms with Crippen LogP contribution in [0.1, 0.15) is 41.5 Å². The van der Waals surface area contributed by atoms with E-state index in [1.807, 2.05) is 24.3 Å². The molecule has 0 aliphatic rings. The number of rotatable bonds is 8. The molecular weight excluding hydrogens is 1100 g/mol. The fraction of sp³-hybridized carbons (Fsp3) is 0.364.